The molecule has 140 valence electrons. The van der Waals surface area contributed by atoms with Crippen molar-refractivity contribution in [2.75, 3.05) is 6.79 Å². The number of benzene rings is 2. The van der Waals surface area contributed by atoms with E-state index in [2.05, 4.69) is 4.98 Å². The molecule has 5 rings (SSSR count). The summed E-state index contributed by atoms with van der Waals surface area (Å²) in [4.78, 5) is 4.65. The zero-order valence-corrected chi connectivity index (χ0v) is 15.0. The first-order valence-corrected chi connectivity index (χ1v) is 9.01. The van der Waals surface area contributed by atoms with Crippen LogP contribution in [0.25, 0.3) is 22.7 Å². The SMILES string of the molecule is OCc1ccc(-c2c(-c3ccccc3)ncn2Cc2ccc3c(c2)OCO3)o1. The minimum absolute atomic E-state index is 0.142. The van der Waals surface area contributed by atoms with Crippen LogP contribution in [0.5, 0.6) is 11.5 Å². The number of furan rings is 1. The van der Waals surface area contributed by atoms with Gasteiger partial charge in [0.1, 0.15) is 18.1 Å². The van der Waals surface area contributed by atoms with Crippen molar-refractivity contribution in [3.05, 3.63) is 78.3 Å². The van der Waals surface area contributed by atoms with Crippen molar-refractivity contribution in [2.24, 2.45) is 0 Å². The molecule has 6 heteroatoms. The molecule has 1 N–H and O–H groups in total. The largest absolute Gasteiger partial charge is 0.457 e. The van der Waals surface area contributed by atoms with Crippen molar-refractivity contribution in [3.8, 4) is 34.2 Å². The second-order valence-corrected chi connectivity index (χ2v) is 6.55. The Morgan fingerprint density at radius 3 is 2.64 bits per heavy atom. The van der Waals surface area contributed by atoms with Crippen LogP contribution in [-0.4, -0.2) is 21.5 Å². The molecule has 0 unspecified atom stereocenters. The van der Waals surface area contributed by atoms with E-state index in [1.165, 1.54) is 0 Å². The first-order chi connectivity index (χ1) is 13.8. The van der Waals surface area contributed by atoms with Crippen molar-refractivity contribution in [3.63, 3.8) is 0 Å². The Labute approximate surface area is 161 Å². The highest BCUT2D eigenvalue weighted by Gasteiger charge is 2.19. The van der Waals surface area contributed by atoms with E-state index in [1.54, 1.807) is 6.07 Å². The van der Waals surface area contributed by atoms with Crippen LogP contribution in [0, 0.1) is 0 Å². The Hall–Kier alpha value is -3.51. The lowest BCUT2D eigenvalue weighted by molar-refractivity contribution is 0.174. The van der Waals surface area contributed by atoms with E-state index in [0.717, 1.165) is 34.0 Å². The fraction of sp³-hybridized carbons (Fsp3) is 0.136. The van der Waals surface area contributed by atoms with Gasteiger partial charge in [-0.1, -0.05) is 36.4 Å². The first-order valence-electron chi connectivity index (χ1n) is 9.01. The molecule has 0 fully saturated rings. The molecular formula is C22H18N2O4. The fourth-order valence-electron chi connectivity index (χ4n) is 3.39. The lowest BCUT2D eigenvalue weighted by Crippen LogP contribution is -2.00. The normalized spacial score (nSPS) is 12.5. The molecule has 3 heterocycles. The second-order valence-electron chi connectivity index (χ2n) is 6.55. The number of hydrogen-bond acceptors (Lipinski definition) is 5. The van der Waals surface area contributed by atoms with E-state index in [-0.39, 0.29) is 13.4 Å². The summed E-state index contributed by atoms with van der Waals surface area (Å²) in [6, 6.07) is 19.5. The van der Waals surface area contributed by atoms with Crippen LogP contribution in [-0.2, 0) is 13.2 Å². The summed E-state index contributed by atoms with van der Waals surface area (Å²) in [6.07, 6.45) is 1.81. The van der Waals surface area contributed by atoms with Gasteiger partial charge in [-0.05, 0) is 29.8 Å². The molecule has 0 aliphatic carbocycles. The lowest BCUT2D eigenvalue weighted by atomic mass is 10.1. The van der Waals surface area contributed by atoms with E-state index in [1.807, 2.05) is 65.5 Å². The highest BCUT2D eigenvalue weighted by atomic mass is 16.7. The smallest absolute Gasteiger partial charge is 0.231 e. The summed E-state index contributed by atoms with van der Waals surface area (Å²) in [6.45, 7) is 0.710. The molecule has 1 aliphatic rings. The van der Waals surface area contributed by atoms with Crippen LogP contribution in [0.15, 0.2) is 71.4 Å². The number of fused-ring (bicyclic) bond motifs is 1. The van der Waals surface area contributed by atoms with Gasteiger partial charge < -0.3 is 23.6 Å². The summed E-state index contributed by atoms with van der Waals surface area (Å²) in [5.74, 6) is 2.70. The van der Waals surface area contributed by atoms with Gasteiger partial charge in [0.25, 0.3) is 0 Å². The van der Waals surface area contributed by atoms with Crippen LogP contribution in [0.1, 0.15) is 11.3 Å². The molecule has 28 heavy (non-hydrogen) atoms. The minimum Gasteiger partial charge on any atom is -0.457 e. The van der Waals surface area contributed by atoms with Gasteiger partial charge in [0.05, 0.1) is 12.0 Å². The molecule has 2 aromatic carbocycles. The van der Waals surface area contributed by atoms with Crippen molar-refractivity contribution in [1.29, 1.82) is 0 Å². The Morgan fingerprint density at radius 1 is 0.964 bits per heavy atom. The molecule has 2 aromatic heterocycles. The topological polar surface area (TPSA) is 69.7 Å². The standard InChI is InChI=1S/C22H18N2O4/c25-12-17-7-9-19(28-17)22-21(16-4-2-1-3-5-16)23-13-24(22)11-15-6-8-18-20(10-15)27-14-26-18/h1-10,13,25H,11-12,14H2. The maximum atomic E-state index is 9.39. The van der Waals surface area contributed by atoms with E-state index < -0.39 is 0 Å². The van der Waals surface area contributed by atoms with Crippen molar-refractivity contribution >= 4 is 0 Å². The maximum absolute atomic E-state index is 9.39. The van der Waals surface area contributed by atoms with Crippen molar-refractivity contribution in [1.82, 2.24) is 9.55 Å². The van der Waals surface area contributed by atoms with Gasteiger partial charge in [-0.3, -0.25) is 0 Å². The van der Waals surface area contributed by atoms with E-state index in [9.17, 15) is 5.11 Å². The molecule has 1 aliphatic heterocycles. The van der Waals surface area contributed by atoms with E-state index >= 15 is 0 Å². The van der Waals surface area contributed by atoms with E-state index in [0.29, 0.717) is 18.1 Å². The lowest BCUT2D eigenvalue weighted by Gasteiger charge is -2.09. The van der Waals surface area contributed by atoms with Crippen molar-refractivity contribution < 1.29 is 19.0 Å². The van der Waals surface area contributed by atoms with Crippen LogP contribution >= 0.6 is 0 Å². The predicted molar refractivity (Wildman–Crippen MR) is 103 cm³/mol. The Bertz CT molecular complexity index is 1110. The quantitative estimate of drug-likeness (QED) is 0.570. The molecular weight excluding hydrogens is 356 g/mol. The van der Waals surface area contributed by atoms with E-state index in [4.69, 9.17) is 13.9 Å². The van der Waals surface area contributed by atoms with Gasteiger partial charge in [-0.25, -0.2) is 4.98 Å². The number of imidazole rings is 1. The van der Waals surface area contributed by atoms with Crippen LogP contribution < -0.4 is 9.47 Å². The molecule has 0 spiro atoms. The Kier molecular flexibility index (Phi) is 4.10. The number of hydrogen-bond donors (Lipinski definition) is 1. The molecule has 0 bridgehead atoms. The molecule has 0 atom stereocenters. The number of aromatic nitrogens is 2. The minimum atomic E-state index is -0.142. The zero-order chi connectivity index (χ0) is 18.9. The molecule has 4 aromatic rings. The molecule has 0 amide bonds. The number of ether oxygens (including phenoxy) is 2. The van der Waals surface area contributed by atoms with Gasteiger partial charge in [0, 0.05) is 12.1 Å². The Morgan fingerprint density at radius 2 is 1.82 bits per heavy atom. The molecule has 6 nitrogen and oxygen atoms in total. The summed E-state index contributed by atoms with van der Waals surface area (Å²) in [7, 11) is 0. The van der Waals surface area contributed by atoms with Crippen LogP contribution in [0.4, 0.5) is 0 Å². The number of nitrogens with zero attached hydrogens (tertiary/aromatic N) is 2. The molecule has 0 radical (unpaired) electrons. The average molecular weight is 374 g/mol. The van der Waals surface area contributed by atoms with Crippen molar-refractivity contribution in [2.45, 2.75) is 13.2 Å². The van der Waals surface area contributed by atoms with Gasteiger partial charge in [0.15, 0.2) is 17.3 Å². The average Bonchev–Trinajstić information content (AvgIpc) is 3.47. The summed E-state index contributed by atoms with van der Waals surface area (Å²) < 4.78 is 18.8. The third kappa shape index (κ3) is 2.93. The Balaban J connectivity index is 1.58. The highest BCUT2D eigenvalue weighted by Crippen LogP contribution is 2.35. The number of aliphatic hydroxyl groups is 1. The predicted octanol–water partition coefficient (Wildman–Crippen LogP) is 4.08. The van der Waals surface area contributed by atoms with Gasteiger partial charge in [-0.15, -0.1) is 0 Å². The van der Waals surface area contributed by atoms with Crippen LogP contribution in [0.3, 0.4) is 0 Å². The van der Waals surface area contributed by atoms with Gasteiger partial charge in [-0.2, -0.15) is 0 Å². The highest BCUT2D eigenvalue weighted by molar-refractivity contribution is 5.76. The fourth-order valence-corrected chi connectivity index (χ4v) is 3.39. The molecule has 0 saturated carbocycles. The number of rotatable bonds is 5. The summed E-state index contributed by atoms with van der Waals surface area (Å²) in [5.41, 5.74) is 3.77. The monoisotopic (exact) mass is 374 g/mol. The zero-order valence-electron chi connectivity index (χ0n) is 15.0. The third-order valence-corrected chi connectivity index (χ3v) is 4.73. The van der Waals surface area contributed by atoms with Gasteiger partial charge >= 0.3 is 0 Å². The maximum Gasteiger partial charge on any atom is 0.231 e. The third-order valence-electron chi connectivity index (χ3n) is 4.73. The summed E-state index contributed by atoms with van der Waals surface area (Å²) in [5, 5.41) is 9.39. The summed E-state index contributed by atoms with van der Waals surface area (Å²) >= 11 is 0. The van der Waals surface area contributed by atoms with Crippen LogP contribution in [0.2, 0.25) is 0 Å². The molecule has 0 saturated heterocycles. The van der Waals surface area contributed by atoms with Gasteiger partial charge in [0.2, 0.25) is 6.79 Å². The second kappa shape index (κ2) is 6.90. The first kappa shape index (κ1) is 16.6. The number of aliphatic hydroxyl groups excluding tert-OH is 1.